The standard InChI is InChI=1S/C26H22NO/c1-17-7-6-8-19(15-17)20-12-14-23(27(3)16-20)25-18(2)11-13-22-21-9-4-5-10-24(21)28-26(22)25/h4-16H,1-3H3/q+1. The van der Waals surface area contributed by atoms with E-state index in [1.54, 1.807) is 0 Å². The maximum atomic E-state index is 6.29. The molecule has 2 nitrogen and oxygen atoms in total. The molecule has 136 valence electrons. The van der Waals surface area contributed by atoms with Gasteiger partial charge in [0, 0.05) is 22.4 Å². The van der Waals surface area contributed by atoms with Gasteiger partial charge in [0.25, 0.3) is 0 Å². The van der Waals surface area contributed by atoms with Crippen molar-refractivity contribution in [1.82, 2.24) is 0 Å². The van der Waals surface area contributed by atoms with Gasteiger partial charge in [-0.3, -0.25) is 0 Å². The molecule has 2 aromatic heterocycles. The van der Waals surface area contributed by atoms with Crippen LogP contribution >= 0.6 is 0 Å². The Labute approximate surface area is 164 Å². The first kappa shape index (κ1) is 16.8. The number of pyridine rings is 1. The van der Waals surface area contributed by atoms with Gasteiger partial charge in [-0.1, -0.05) is 60.2 Å². The summed E-state index contributed by atoms with van der Waals surface area (Å²) in [5, 5.41) is 2.33. The van der Waals surface area contributed by atoms with Gasteiger partial charge in [-0.2, -0.15) is 0 Å². The van der Waals surface area contributed by atoms with Crippen LogP contribution in [0.2, 0.25) is 0 Å². The molecule has 0 bridgehead atoms. The number of rotatable bonds is 2. The largest absolute Gasteiger partial charge is 0.455 e. The molecule has 0 fully saturated rings. The molecule has 0 aliphatic heterocycles. The van der Waals surface area contributed by atoms with E-state index in [4.69, 9.17) is 4.42 Å². The van der Waals surface area contributed by atoms with Crippen LogP contribution in [-0.4, -0.2) is 0 Å². The summed E-state index contributed by atoms with van der Waals surface area (Å²) in [6.45, 7) is 4.28. The van der Waals surface area contributed by atoms with Gasteiger partial charge in [-0.15, -0.1) is 0 Å². The number of nitrogens with zero attached hydrogens (tertiary/aromatic N) is 1. The Morgan fingerprint density at radius 1 is 0.750 bits per heavy atom. The van der Waals surface area contributed by atoms with Crippen LogP contribution in [0.15, 0.2) is 83.4 Å². The third kappa shape index (κ3) is 2.61. The highest BCUT2D eigenvalue weighted by Crippen LogP contribution is 2.37. The number of fused-ring (bicyclic) bond motifs is 3. The quantitative estimate of drug-likeness (QED) is 0.333. The normalized spacial score (nSPS) is 11.4. The fourth-order valence-corrected chi connectivity index (χ4v) is 4.07. The highest BCUT2D eigenvalue weighted by Gasteiger charge is 2.20. The van der Waals surface area contributed by atoms with Crippen LogP contribution in [-0.2, 0) is 7.05 Å². The zero-order valence-corrected chi connectivity index (χ0v) is 16.4. The van der Waals surface area contributed by atoms with Gasteiger partial charge in [0.2, 0.25) is 5.69 Å². The Hall–Kier alpha value is -3.39. The van der Waals surface area contributed by atoms with Crippen molar-refractivity contribution < 1.29 is 8.98 Å². The third-order valence-corrected chi connectivity index (χ3v) is 5.50. The zero-order chi connectivity index (χ0) is 19.3. The Morgan fingerprint density at radius 3 is 2.43 bits per heavy atom. The Bertz CT molecular complexity index is 1340. The van der Waals surface area contributed by atoms with Crippen LogP contribution in [0.1, 0.15) is 11.1 Å². The molecule has 28 heavy (non-hydrogen) atoms. The van der Waals surface area contributed by atoms with Gasteiger partial charge in [0.05, 0.1) is 5.56 Å². The molecule has 3 aromatic carbocycles. The van der Waals surface area contributed by atoms with E-state index in [0.29, 0.717) is 0 Å². The summed E-state index contributed by atoms with van der Waals surface area (Å²) in [5.74, 6) is 0. The summed E-state index contributed by atoms with van der Waals surface area (Å²) < 4.78 is 8.49. The van der Waals surface area contributed by atoms with E-state index in [1.165, 1.54) is 27.6 Å². The highest BCUT2D eigenvalue weighted by molar-refractivity contribution is 6.09. The molecule has 0 spiro atoms. The van der Waals surface area contributed by atoms with Crippen LogP contribution in [0.4, 0.5) is 0 Å². The molecule has 0 radical (unpaired) electrons. The summed E-state index contributed by atoms with van der Waals surface area (Å²) in [6, 6.07) is 25.6. The molecule has 0 N–H and O–H groups in total. The van der Waals surface area contributed by atoms with E-state index >= 15 is 0 Å². The monoisotopic (exact) mass is 364 g/mol. The second-order valence-corrected chi connectivity index (χ2v) is 7.52. The molecule has 2 heteroatoms. The molecule has 0 atom stereocenters. The highest BCUT2D eigenvalue weighted by atomic mass is 16.3. The molecule has 0 saturated heterocycles. The van der Waals surface area contributed by atoms with Crippen molar-refractivity contribution in [3.05, 3.63) is 90.1 Å². The molecule has 0 saturated carbocycles. The Kier molecular flexibility index (Phi) is 3.80. The van der Waals surface area contributed by atoms with E-state index in [-0.39, 0.29) is 0 Å². The van der Waals surface area contributed by atoms with Crippen molar-refractivity contribution >= 4 is 21.9 Å². The lowest BCUT2D eigenvalue weighted by atomic mass is 9.99. The SMILES string of the molecule is Cc1cccc(-c2ccc(-c3c(C)ccc4c3oc3ccccc34)[n+](C)c2)c1. The van der Waals surface area contributed by atoms with Crippen molar-refractivity contribution in [3.63, 3.8) is 0 Å². The van der Waals surface area contributed by atoms with Crippen LogP contribution < -0.4 is 4.57 Å². The predicted octanol–water partition coefficient (Wildman–Crippen LogP) is 6.36. The van der Waals surface area contributed by atoms with E-state index in [2.05, 4.69) is 92.3 Å². The number of para-hydroxylation sites is 1. The molecular weight excluding hydrogens is 342 g/mol. The lowest BCUT2D eigenvalue weighted by molar-refractivity contribution is -0.659. The number of aryl methyl sites for hydroxylation is 3. The Morgan fingerprint density at radius 2 is 1.61 bits per heavy atom. The lowest BCUT2D eigenvalue weighted by Crippen LogP contribution is -2.31. The molecule has 0 aliphatic carbocycles. The number of benzene rings is 3. The molecule has 0 unspecified atom stereocenters. The molecule has 2 heterocycles. The molecule has 0 aliphatic rings. The van der Waals surface area contributed by atoms with Gasteiger partial charge in [-0.05, 0) is 37.1 Å². The van der Waals surface area contributed by atoms with Crippen LogP contribution in [0.25, 0.3) is 44.3 Å². The van der Waals surface area contributed by atoms with Crippen molar-refractivity contribution in [2.75, 3.05) is 0 Å². The van der Waals surface area contributed by atoms with Gasteiger partial charge < -0.3 is 4.42 Å². The maximum absolute atomic E-state index is 6.29. The van der Waals surface area contributed by atoms with Gasteiger partial charge in [0.15, 0.2) is 6.20 Å². The lowest BCUT2D eigenvalue weighted by Gasteiger charge is -2.07. The molecule has 5 aromatic rings. The average molecular weight is 364 g/mol. The summed E-state index contributed by atoms with van der Waals surface area (Å²) in [4.78, 5) is 0. The van der Waals surface area contributed by atoms with Gasteiger partial charge >= 0.3 is 0 Å². The summed E-state index contributed by atoms with van der Waals surface area (Å²) >= 11 is 0. The number of hydrogen-bond donors (Lipinski definition) is 0. The second kappa shape index (κ2) is 6.35. The maximum Gasteiger partial charge on any atom is 0.216 e. The van der Waals surface area contributed by atoms with Crippen molar-refractivity contribution in [2.45, 2.75) is 13.8 Å². The summed E-state index contributed by atoms with van der Waals surface area (Å²) in [7, 11) is 2.11. The second-order valence-electron chi connectivity index (χ2n) is 7.52. The minimum absolute atomic E-state index is 0.934. The fraction of sp³-hybridized carbons (Fsp3) is 0.115. The zero-order valence-electron chi connectivity index (χ0n) is 16.4. The van der Waals surface area contributed by atoms with Crippen LogP contribution in [0.3, 0.4) is 0 Å². The fourth-order valence-electron chi connectivity index (χ4n) is 4.07. The number of hydrogen-bond acceptors (Lipinski definition) is 1. The first-order valence-corrected chi connectivity index (χ1v) is 9.60. The molecular formula is C26H22NO+. The van der Waals surface area contributed by atoms with Crippen molar-refractivity contribution in [1.29, 1.82) is 0 Å². The minimum Gasteiger partial charge on any atom is -0.455 e. The Balaban J connectivity index is 1.73. The topological polar surface area (TPSA) is 17.0 Å². The smallest absolute Gasteiger partial charge is 0.216 e. The first-order chi connectivity index (χ1) is 13.6. The van der Waals surface area contributed by atoms with E-state index in [0.717, 1.165) is 27.8 Å². The summed E-state index contributed by atoms with van der Waals surface area (Å²) in [6.07, 6.45) is 2.20. The predicted molar refractivity (Wildman–Crippen MR) is 115 cm³/mol. The van der Waals surface area contributed by atoms with Crippen molar-refractivity contribution in [2.24, 2.45) is 7.05 Å². The third-order valence-electron chi connectivity index (χ3n) is 5.50. The molecule has 0 amide bonds. The van der Waals surface area contributed by atoms with E-state index < -0.39 is 0 Å². The number of aromatic nitrogens is 1. The number of furan rings is 1. The van der Waals surface area contributed by atoms with Crippen LogP contribution in [0, 0.1) is 13.8 Å². The van der Waals surface area contributed by atoms with E-state index in [1.807, 2.05) is 12.1 Å². The van der Waals surface area contributed by atoms with Crippen LogP contribution in [0.5, 0.6) is 0 Å². The van der Waals surface area contributed by atoms with Gasteiger partial charge in [0.1, 0.15) is 18.2 Å². The minimum atomic E-state index is 0.934. The average Bonchev–Trinajstić information content (AvgIpc) is 3.07. The van der Waals surface area contributed by atoms with E-state index in [9.17, 15) is 0 Å². The van der Waals surface area contributed by atoms with Gasteiger partial charge in [-0.25, -0.2) is 4.57 Å². The molecule has 5 rings (SSSR count). The summed E-state index contributed by atoms with van der Waals surface area (Å²) in [5.41, 5.74) is 9.14. The van der Waals surface area contributed by atoms with Crippen molar-refractivity contribution in [3.8, 4) is 22.4 Å². The first-order valence-electron chi connectivity index (χ1n) is 9.60.